The van der Waals surface area contributed by atoms with Crippen molar-refractivity contribution in [2.75, 3.05) is 43.5 Å². The number of fused-ring (bicyclic) bond motifs is 2. The van der Waals surface area contributed by atoms with E-state index in [4.69, 9.17) is 0 Å². The van der Waals surface area contributed by atoms with Crippen LogP contribution in [0.3, 0.4) is 0 Å². The van der Waals surface area contributed by atoms with Crippen molar-refractivity contribution in [3.05, 3.63) is 66.6 Å². The molecule has 0 aliphatic carbocycles. The summed E-state index contributed by atoms with van der Waals surface area (Å²) in [5, 5.41) is 3.51. The van der Waals surface area contributed by atoms with Gasteiger partial charge in [0.05, 0.1) is 24.4 Å². The normalized spacial score (nSPS) is 19.6. The number of rotatable bonds is 5. The second-order valence-corrected chi connectivity index (χ2v) is 9.14. The van der Waals surface area contributed by atoms with Gasteiger partial charge >= 0.3 is 6.33 Å². The fourth-order valence-electron chi connectivity index (χ4n) is 4.45. The second-order valence-electron chi connectivity index (χ2n) is 8.08. The first-order valence-electron chi connectivity index (χ1n) is 10.8. The number of carbonyl (C=O) groups excluding carboxylic acids is 1. The molecule has 0 radical (unpaired) electrons. The zero-order valence-corrected chi connectivity index (χ0v) is 17.9. The number of Topliss-reactive ketones (excluding diaryl/α,β-unsaturated/α-hetero) is 1. The Morgan fingerprint density at radius 3 is 2.90 bits per heavy atom. The molecular formula is C24H27N4OS+. The Kier molecular flexibility index (Phi) is 5.69. The van der Waals surface area contributed by atoms with Crippen molar-refractivity contribution < 1.29 is 9.47 Å². The molecule has 3 heterocycles. The summed E-state index contributed by atoms with van der Waals surface area (Å²) in [5.41, 5.74) is 2.25. The smallest absolute Gasteiger partial charge is 0.301 e. The van der Waals surface area contributed by atoms with E-state index in [1.165, 1.54) is 10.5 Å². The summed E-state index contributed by atoms with van der Waals surface area (Å²) < 4.78 is 2.13. The fraction of sp³-hybridized carbons (Fsp3) is 0.375. The molecule has 3 aromatic rings. The fourth-order valence-corrected chi connectivity index (χ4v) is 5.71. The molecule has 5 rings (SSSR count). The first-order valence-corrected chi connectivity index (χ1v) is 11.7. The molecular weight excluding hydrogens is 392 g/mol. The highest BCUT2D eigenvalue weighted by Gasteiger charge is 2.29. The van der Waals surface area contributed by atoms with Crippen LogP contribution in [0.25, 0.3) is 10.9 Å². The SMILES string of the molecule is O=C(CCN1CCCN([n+]2cnc3ccccc3c2)CC1)C1CSc2ccccc21. The zero-order valence-electron chi connectivity index (χ0n) is 17.1. The number of aromatic nitrogens is 2. The van der Waals surface area contributed by atoms with Crippen molar-refractivity contribution in [1.29, 1.82) is 0 Å². The van der Waals surface area contributed by atoms with Crippen molar-refractivity contribution in [1.82, 2.24) is 9.88 Å². The van der Waals surface area contributed by atoms with E-state index >= 15 is 0 Å². The highest BCUT2D eigenvalue weighted by molar-refractivity contribution is 7.99. The van der Waals surface area contributed by atoms with Gasteiger partial charge in [-0.05, 0) is 35.2 Å². The van der Waals surface area contributed by atoms with Crippen LogP contribution in [0, 0.1) is 0 Å². The predicted octanol–water partition coefficient (Wildman–Crippen LogP) is 3.01. The van der Waals surface area contributed by atoms with Crippen LogP contribution >= 0.6 is 11.8 Å². The molecule has 0 bridgehead atoms. The lowest BCUT2D eigenvalue weighted by Crippen LogP contribution is -2.59. The maximum atomic E-state index is 12.9. The summed E-state index contributed by atoms with van der Waals surface area (Å²) in [7, 11) is 0. The standard InChI is InChI=1S/C24H27N4OS/c29-23(21-17-30-24-9-4-2-7-20(21)24)10-13-26-11-5-12-27(15-14-26)28-16-19-6-1-3-8-22(19)25-18-28/h1-4,6-9,16,18,21H,5,10-15,17H2/q+1. The van der Waals surface area contributed by atoms with Crippen LogP contribution in [0.5, 0.6) is 0 Å². The van der Waals surface area contributed by atoms with Crippen LogP contribution in [0.15, 0.2) is 66.0 Å². The number of para-hydroxylation sites is 1. The van der Waals surface area contributed by atoms with Crippen molar-refractivity contribution in [2.45, 2.75) is 23.7 Å². The summed E-state index contributed by atoms with van der Waals surface area (Å²) in [6.45, 7) is 4.82. The Morgan fingerprint density at radius 2 is 1.93 bits per heavy atom. The third-order valence-corrected chi connectivity index (χ3v) is 7.36. The average Bonchev–Trinajstić information content (AvgIpc) is 3.08. The molecule has 0 amide bonds. The summed E-state index contributed by atoms with van der Waals surface area (Å²) >= 11 is 1.82. The van der Waals surface area contributed by atoms with Crippen LogP contribution in [0.1, 0.15) is 24.3 Å². The Hall–Kier alpha value is -2.44. The molecule has 154 valence electrons. The lowest BCUT2D eigenvalue weighted by Gasteiger charge is -2.21. The summed E-state index contributed by atoms with van der Waals surface area (Å²) in [4.78, 5) is 21.2. The number of carbonyl (C=O) groups is 1. The van der Waals surface area contributed by atoms with E-state index in [0.717, 1.165) is 55.8 Å². The lowest BCUT2D eigenvalue weighted by molar-refractivity contribution is -0.694. The molecule has 1 unspecified atom stereocenters. The van der Waals surface area contributed by atoms with Crippen LogP contribution in [0.2, 0.25) is 0 Å². The van der Waals surface area contributed by atoms with E-state index in [2.05, 4.69) is 56.1 Å². The van der Waals surface area contributed by atoms with E-state index < -0.39 is 0 Å². The van der Waals surface area contributed by atoms with Crippen LogP contribution in [-0.4, -0.2) is 54.1 Å². The number of benzene rings is 2. The topological polar surface area (TPSA) is 40.3 Å². The van der Waals surface area contributed by atoms with Gasteiger partial charge in [-0.2, -0.15) is 0 Å². The van der Waals surface area contributed by atoms with E-state index in [-0.39, 0.29) is 5.92 Å². The third-order valence-electron chi connectivity index (χ3n) is 6.18. The van der Waals surface area contributed by atoms with Crippen molar-refractivity contribution in [3.63, 3.8) is 0 Å². The lowest BCUT2D eigenvalue weighted by atomic mass is 9.95. The Bertz CT molecular complexity index is 1060. The zero-order chi connectivity index (χ0) is 20.3. The molecule has 1 aromatic heterocycles. The van der Waals surface area contributed by atoms with Gasteiger partial charge in [0.15, 0.2) is 5.52 Å². The molecule has 2 aliphatic heterocycles. The van der Waals surface area contributed by atoms with E-state index in [0.29, 0.717) is 12.2 Å². The van der Waals surface area contributed by atoms with Crippen LogP contribution in [0.4, 0.5) is 0 Å². The number of hydrogen-bond acceptors (Lipinski definition) is 5. The number of ketones is 1. The van der Waals surface area contributed by atoms with Gasteiger partial charge in [0.25, 0.3) is 0 Å². The van der Waals surface area contributed by atoms with Gasteiger partial charge in [-0.25, -0.2) is 5.01 Å². The van der Waals surface area contributed by atoms with Crippen LogP contribution in [-0.2, 0) is 4.79 Å². The predicted molar refractivity (Wildman–Crippen MR) is 120 cm³/mol. The highest BCUT2D eigenvalue weighted by Crippen LogP contribution is 2.40. The number of thioether (sulfide) groups is 1. The van der Waals surface area contributed by atoms with E-state index in [1.807, 2.05) is 36.3 Å². The van der Waals surface area contributed by atoms with Gasteiger partial charge in [0.2, 0.25) is 0 Å². The highest BCUT2D eigenvalue weighted by atomic mass is 32.2. The average molecular weight is 420 g/mol. The number of hydrogen-bond donors (Lipinski definition) is 0. The molecule has 6 heteroatoms. The van der Waals surface area contributed by atoms with Gasteiger partial charge in [0, 0.05) is 36.7 Å². The molecule has 1 fully saturated rings. The maximum absolute atomic E-state index is 12.9. The molecule has 0 saturated carbocycles. The van der Waals surface area contributed by atoms with Gasteiger partial charge in [-0.1, -0.05) is 30.3 Å². The summed E-state index contributed by atoms with van der Waals surface area (Å²) in [5.74, 6) is 1.37. The molecule has 1 saturated heterocycles. The van der Waals surface area contributed by atoms with Gasteiger partial charge in [-0.3, -0.25) is 4.79 Å². The third kappa shape index (κ3) is 4.07. The molecule has 2 aliphatic rings. The minimum Gasteiger partial charge on any atom is -0.301 e. The molecule has 0 N–H and O–H groups in total. The number of nitrogens with zero attached hydrogens (tertiary/aromatic N) is 4. The monoisotopic (exact) mass is 419 g/mol. The van der Waals surface area contributed by atoms with Gasteiger partial charge in [-0.15, -0.1) is 16.4 Å². The molecule has 0 spiro atoms. The minimum atomic E-state index is 0.0777. The second kappa shape index (κ2) is 8.74. The van der Waals surface area contributed by atoms with E-state index in [9.17, 15) is 4.79 Å². The first-order chi connectivity index (χ1) is 14.8. The molecule has 30 heavy (non-hydrogen) atoms. The van der Waals surface area contributed by atoms with E-state index in [1.54, 1.807) is 0 Å². The Labute approximate surface area is 181 Å². The summed E-state index contributed by atoms with van der Waals surface area (Å²) in [6, 6.07) is 16.6. The minimum absolute atomic E-state index is 0.0777. The quantitative estimate of drug-likeness (QED) is 0.595. The molecule has 2 aromatic carbocycles. The van der Waals surface area contributed by atoms with Gasteiger partial charge in [0.1, 0.15) is 12.0 Å². The van der Waals surface area contributed by atoms with Crippen LogP contribution < -0.4 is 9.69 Å². The first kappa shape index (κ1) is 19.5. The van der Waals surface area contributed by atoms with Crippen molar-refractivity contribution >= 4 is 28.4 Å². The van der Waals surface area contributed by atoms with Gasteiger partial charge < -0.3 is 4.90 Å². The van der Waals surface area contributed by atoms with Crippen molar-refractivity contribution in [3.8, 4) is 0 Å². The van der Waals surface area contributed by atoms with Crippen molar-refractivity contribution in [2.24, 2.45) is 0 Å². The Balaban J connectivity index is 1.17. The Morgan fingerprint density at radius 1 is 1.07 bits per heavy atom. The maximum Gasteiger partial charge on any atom is 0.309 e. The summed E-state index contributed by atoms with van der Waals surface area (Å²) in [6.07, 6.45) is 5.81. The molecule has 1 atom stereocenters. The molecule has 5 nitrogen and oxygen atoms in total. The largest absolute Gasteiger partial charge is 0.309 e.